The fourth-order valence-corrected chi connectivity index (χ4v) is 3.62. The molecule has 3 rings (SSSR count). The molecule has 1 aliphatic rings. The van der Waals surface area contributed by atoms with Crippen molar-refractivity contribution in [3.8, 4) is 0 Å². The first kappa shape index (κ1) is 17.1. The summed E-state index contributed by atoms with van der Waals surface area (Å²) in [4.78, 5) is 27.3. The predicted octanol–water partition coefficient (Wildman–Crippen LogP) is 2.57. The van der Waals surface area contributed by atoms with Gasteiger partial charge in [-0.15, -0.1) is 0 Å². The summed E-state index contributed by atoms with van der Waals surface area (Å²) in [5.74, 6) is -0.961. The molecule has 0 saturated heterocycles. The lowest BCUT2D eigenvalue weighted by atomic mass is 9.92. The molecule has 0 fully saturated rings. The molecule has 0 bridgehead atoms. The fourth-order valence-electron chi connectivity index (χ4n) is 3.22. The van der Waals surface area contributed by atoms with E-state index in [1.807, 2.05) is 6.92 Å². The second-order valence-electron chi connectivity index (χ2n) is 5.70. The third-order valence-corrected chi connectivity index (χ3v) is 5.04. The molecule has 128 valence electrons. The van der Waals surface area contributed by atoms with Crippen LogP contribution in [0.15, 0.2) is 6.07 Å². The zero-order chi connectivity index (χ0) is 17.4. The highest BCUT2D eigenvalue weighted by Crippen LogP contribution is 2.43. The Balaban J connectivity index is 2.32. The summed E-state index contributed by atoms with van der Waals surface area (Å²) in [6.07, 6.45) is 1.24. The minimum absolute atomic E-state index is 0.0531. The number of benzene rings is 1. The molecule has 1 atom stereocenters. The predicted molar refractivity (Wildman–Crippen MR) is 93.8 cm³/mol. The quantitative estimate of drug-likeness (QED) is 0.669. The first-order chi connectivity index (χ1) is 11.5. The summed E-state index contributed by atoms with van der Waals surface area (Å²) in [7, 11) is 0. The summed E-state index contributed by atoms with van der Waals surface area (Å²) >= 11 is 12.5. The van der Waals surface area contributed by atoms with Crippen LogP contribution >= 0.6 is 23.2 Å². The van der Waals surface area contributed by atoms with Gasteiger partial charge in [0.25, 0.3) is 0 Å². The Hall–Kier alpha value is -1.76. The number of hydrogen-bond donors (Lipinski definition) is 4. The molecule has 2 amide bonds. The molecule has 0 radical (unpaired) electrons. The van der Waals surface area contributed by atoms with Crippen LogP contribution in [0.4, 0.5) is 5.69 Å². The summed E-state index contributed by atoms with van der Waals surface area (Å²) < 4.78 is 0. The van der Waals surface area contributed by atoms with Crippen molar-refractivity contribution in [3.63, 3.8) is 0 Å². The number of rotatable bonds is 3. The van der Waals surface area contributed by atoms with E-state index in [1.165, 1.54) is 0 Å². The smallest absolute Gasteiger partial charge is 0.250 e. The van der Waals surface area contributed by atoms with E-state index in [1.54, 1.807) is 6.07 Å². The first-order valence-electron chi connectivity index (χ1n) is 7.68. The average molecular weight is 370 g/mol. The molecule has 0 spiro atoms. The van der Waals surface area contributed by atoms with Crippen molar-refractivity contribution in [2.75, 3.05) is 18.5 Å². The molecule has 1 aliphatic heterocycles. The van der Waals surface area contributed by atoms with Gasteiger partial charge in [-0.2, -0.15) is 0 Å². The number of carbonyl (C=O) groups excluding carboxylic acids is 2. The number of anilines is 1. The van der Waals surface area contributed by atoms with Crippen molar-refractivity contribution in [1.82, 2.24) is 10.3 Å². The third-order valence-electron chi connectivity index (χ3n) is 4.26. The zero-order valence-electron chi connectivity index (χ0n) is 13.0. The lowest BCUT2D eigenvalue weighted by Gasteiger charge is -2.15. The van der Waals surface area contributed by atoms with Gasteiger partial charge < -0.3 is 20.7 Å². The van der Waals surface area contributed by atoms with Crippen molar-refractivity contribution in [3.05, 3.63) is 27.4 Å². The van der Waals surface area contributed by atoms with E-state index >= 15 is 0 Å². The Morgan fingerprint density at radius 1 is 1.46 bits per heavy atom. The highest BCUT2D eigenvalue weighted by Gasteiger charge is 2.30. The van der Waals surface area contributed by atoms with Crippen molar-refractivity contribution in [2.24, 2.45) is 0 Å². The van der Waals surface area contributed by atoms with E-state index in [0.29, 0.717) is 41.0 Å². The minimum Gasteiger partial charge on any atom is -0.387 e. The Labute approximate surface area is 148 Å². The summed E-state index contributed by atoms with van der Waals surface area (Å²) in [5, 5.41) is 15.9. The number of amides is 2. The number of aliphatic hydroxyl groups excluding tert-OH is 1. The highest BCUT2D eigenvalue weighted by molar-refractivity contribution is 6.45. The molecule has 8 heteroatoms. The Morgan fingerprint density at radius 2 is 2.21 bits per heavy atom. The van der Waals surface area contributed by atoms with Gasteiger partial charge in [-0.1, -0.05) is 30.1 Å². The monoisotopic (exact) mass is 369 g/mol. The Morgan fingerprint density at radius 3 is 2.88 bits per heavy atom. The lowest BCUT2D eigenvalue weighted by molar-refractivity contribution is -0.122. The standard InChI is InChI=1S/C16H17Cl2N3O3/c1-2-7-12-9(3-4-19-16(7)24)21-15-13(12)10(20-11(23)6-22)5-8(17)14(15)18/h5,7,21-22H,2-4,6H2,1H3,(H,19,24)(H,20,23). The topological polar surface area (TPSA) is 94.2 Å². The number of aromatic amines is 1. The maximum atomic E-state index is 12.4. The molecular formula is C16H17Cl2N3O3. The number of nitrogens with one attached hydrogen (secondary N) is 3. The molecular weight excluding hydrogens is 353 g/mol. The van der Waals surface area contributed by atoms with Crippen molar-refractivity contribution < 1.29 is 14.7 Å². The first-order valence-corrected chi connectivity index (χ1v) is 8.44. The SMILES string of the molecule is CCC1C(=O)NCCc2[nH]c3c(Cl)c(Cl)cc(NC(=O)CO)c3c21. The van der Waals surface area contributed by atoms with Gasteiger partial charge in [0.05, 0.1) is 27.2 Å². The molecule has 0 saturated carbocycles. The van der Waals surface area contributed by atoms with Gasteiger partial charge in [-0.3, -0.25) is 9.59 Å². The van der Waals surface area contributed by atoms with E-state index in [4.69, 9.17) is 28.3 Å². The fraction of sp³-hybridized carbons (Fsp3) is 0.375. The second-order valence-corrected chi connectivity index (χ2v) is 6.48. The summed E-state index contributed by atoms with van der Waals surface area (Å²) in [5.41, 5.74) is 2.76. The van der Waals surface area contributed by atoms with Gasteiger partial charge in [0.1, 0.15) is 6.61 Å². The number of H-pyrrole nitrogens is 1. The minimum atomic E-state index is -0.647. The van der Waals surface area contributed by atoms with Gasteiger partial charge in [0, 0.05) is 24.0 Å². The van der Waals surface area contributed by atoms with Crippen LogP contribution in [-0.2, 0) is 16.0 Å². The normalized spacial score (nSPS) is 17.3. The summed E-state index contributed by atoms with van der Waals surface area (Å²) in [6, 6.07) is 1.55. The van der Waals surface area contributed by atoms with Crippen LogP contribution in [0.2, 0.25) is 10.0 Å². The largest absolute Gasteiger partial charge is 0.387 e. The molecule has 2 aromatic rings. The molecule has 1 aromatic carbocycles. The van der Waals surface area contributed by atoms with Gasteiger partial charge >= 0.3 is 0 Å². The molecule has 0 aliphatic carbocycles. The van der Waals surface area contributed by atoms with E-state index in [0.717, 1.165) is 11.3 Å². The van der Waals surface area contributed by atoms with Crippen LogP contribution in [0, 0.1) is 0 Å². The van der Waals surface area contributed by atoms with Gasteiger partial charge in [-0.25, -0.2) is 0 Å². The van der Waals surface area contributed by atoms with Crippen molar-refractivity contribution in [2.45, 2.75) is 25.7 Å². The van der Waals surface area contributed by atoms with Crippen molar-refractivity contribution in [1.29, 1.82) is 0 Å². The van der Waals surface area contributed by atoms with Crippen LogP contribution in [0.1, 0.15) is 30.5 Å². The van der Waals surface area contributed by atoms with E-state index < -0.39 is 12.5 Å². The number of aromatic nitrogens is 1. The average Bonchev–Trinajstić information content (AvgIpc) is 2.85. The van der Waals surface area contributed by atoms with Gasteiger partial charge in [-0.05, 0) is 18.1 Å². The van der Waals surface area contributed by atoms with Gasteiger partial charge in [0.15, 0.2) is 0 Å². The number of halogens is 2. The van der Waals surface area contributed by atoms with Crippen molar-refractivity contribution >= 4 is 51.6 Å². The van der Waals surface area contributed by atoms with Crippen LogP contribution in [-0.4, -0.2) is 35.1 Å². The van der Waals surface area contributed by atoms with E-state index in [9.17, 15) is 9.59 Å². The van der Waals surface area contributed by atoms with E-state index in [2.05, 4.69) is 15.6 Å². The summed E-state index contributed by atoms with van der Waals surface area (Å²) in [6.45, 7) is 1.81. The maximum absolute atomic E-state index is 12.4. The van der Waals surface area contributed by atoms with Crippen LogP contribution < -0.4 is 10.6 Å². The van der Waals surface area contributed by atoms with Gasteiger partial charge in [0.2, 0.25) is 11.8 Å². The second kappa shape index (κ2) is 6.63. The number of fused-ring (bicyclic) bond motifs is 3. The Kier molecular flexibility index (Phi) is 4.71. The molecule has 2 heterocycles. The zero-order valence-corrected chi connectivity index (χ0v) is 14.5. The van der Waals surface area contributed by atoms with Crippen LogP contribution in [0.5, 0.6) is 0 Å². The maximum Gasteiger partial charge on any atom is 0.250 e. The molecule has 1 unspecified atom stereocenters. The van der Waals surface area contributed by atoms with E-state index in [-0.39, 0.29) is 16.8 Å². The number of aliphatic hydroxyl groups is 1. The molecule has 6 nitrogen and oxygen atoms in total. The van der Waals surface area contributed by atoms with Crippen LogP contribution in [0.25, 0.3) is 10.9 Å². The number of hydrogen-bond acceptors (Lipinski definition) is 3. The van der Waals surface area contributed by atoms with Crippen LogP contribution in [0.3, 0.4) is 0 Å². The lowest BCUT2D eigenvalue weighted by Crippen LogP contribution is -2.28. The molecule has 4 N–H and O–H groups in total. The Bertz CT molecular complexity index is 832. The number of carbonyl (C=O) groups is 2. The highest BCUT2D eigenvalue weighted by atomic mass is 35.5. The molecule has 1 aromatic heterocycles. The third kappa shape index (κ3) is 2.75. The molecule has 24 heavy (non-hydrogen) atoms.